The fourth-order valence-electron chi connectivity index (χ4n) is 5.63. The van der Waals surface area contributed by atoms with Crippen molar-refractivity contribution in [2.24, 2.45) is 11.1 Å². The van der Waals surface area contributed by atoms with E-state index >= 15 is 0 Å². The van der Waals surface area contributed by atoms with Gasteiger partial charge < -0.3 is 54.6 Å². The Kier molecular flexibility index (Phi) is 10.3. The maximum Gasteiger partial charge on any atom is 0.247 e. The minimum atomic E-state index is -1.48. The van der Waals surface area contributed by atoms with Crippen molar-refractivity contribution in [3.8, 4) is 11.5 Å². The molecule has 0 radical (unpaired) electrons. The van der Waals surface area contributed by atoms with E-state index in [1.54, 1.807) is 32.0 Å². The quantitative estimate of drug-likeness (QED) is 0.131. The molecule has 0 aromatic heterocycles. The molecule has 45 heavy (non-hydrogen) atoms. The van der Waals surface area contributed by atoms with Gasteiger partial charge in [0.05, 0.1) is 11.8 Å². The predicted octanol–water partition coefficient (Wildman–Crippen LogP) is 1.46. The van der Waals surface area contributed by atoms with Gasteiger partial charge in [0.15, 0.2) is 11.5 Å². The van der Waals surface area contributed by atoms with Crippen LogP contribution in [0.4, 0.5) is 0 Å². The molecule has 2 heterocycles. The van der Waals surface area contributed by atoms with Crippen LogP contribution in [-0.2, 0) is 30.4 Å². The molecule has 1 saturated carbocycles. The van der Waals surface area contributed by atoms with Crippen LogP contribution in [0.25, 0.3) is 6.08 Å². The van der Waals surface area contributed by atoms with E-state index in [1.165, 1.54) is 25.1 Å². The highest BCUT2D eigenvalue weighted by atomic mass is 35.5. The second-order valence-corrected chi connectivity index (χ2v) is 11.9. The Morgan fingerprint density at radius 1 is 1.04 bits per heavy atom. The fraction of sp³-hybridized carbons (Fsp3) is 0.484. The zero-order valence-electron chi connectivity index (χ0n) is 24.8. The maximum absolute atomic E-state index is 12.9. The van der Waals surface area contributed by atoms with E-state index in [2.05, 4.69) is 10.5 Å². The van der Waals surface area contributed by atoms with Gasteiger partial charge in [-0.2, -0.15) is 0 Å². The number of aromatic hydroxyl groups is 1. The molecule has 13 nitrogen and oxygen atoms in total. The summed E-state index contributed by atoms with van der Waals surface area (Å²) in [7, 11) is 0. The van der Waals surface area contributed by atoms with Crippen LogP contribution in [0.2, 0.25) is 5.02 Å². The number of hydrogen-bond donors (Lipinski definition) is 6. The van der Waals surface area contributed by atoms with E-state index in [0.29, 0.717) is 16.3 Å². The molecule has 0 bridgehead atoms. The van der Waals surface area contributed by atoms with Crippen molar-refractivity contribution in [2.45, 2.75) is 82.4 Å². The molecular weight excluding hydrogens is 612 g/mol. The van der Waals surface area contributed by atoms with Gasteiger partial charge in [-0.3, -0.25) is 4.79 Å². The van der Waals surface area contributed by atoms with Gasteiger partial charge in [-0.25, -0.2) is 0 Å². The van der Waals surface area contributed by atoms with Crippen molar-refractivity contribution in [3.05, 3.63) is 64.2 Å². The second kappa shape index (κ2) is 14.0. The van der Waals surface area contributed by atoms with Crippen LogP contribution in [0.15, 0.2) is 53.2 Å². The number of amides is 1. The fourth-order valence-corrected chi connectivity index (χ4v) is 5.84. The van der Waals surface area contributed by atoms with Crippen LogP contribution in [0, 0.1) is 5.92 Å². The minimum absolute atomic E-state index is 0.0497. The molecule has 1 aliphatic carbocycles. The van der Waals surface area contributed by atoms with Crippen molar-refractivity contribution < 1.29 is 54.1 Å². The molecule has 2 saturated heterocycles. The Balaban J connectivity index is 1.18. The number of phenolic OH excluding ortho intramolecular Hbond substituents is 1. The Morgan fingerprint density at radius 3 is 2.49 bits per heavy atom. The third-order valence-electron chi connectivity index (χ3n) is 8.19. The summed E-state index contributed by atoms with van der Waals surface area (Å²) in [4.78, 5) is 18.3. The van der Waals surface area contributed by atoms with E-state index in [1.807, 2.05) is 12.1 Å². The first-order valence-electron chi connectivity index (χ1n) is 14.4. The highest BCUT2D eigenvalue weighted by Gasteiger charge is 2.53. The second-order valence-electron chi connectivity index (χ2n) is 11.4. The lowest BCUT2D eigenvalue weighted by Crippen LogP contribution is -2.67. The molecule has 10 atom stereocenters. The topological polar surface area (TPSA) is 189 Å². The smallest absolute Gasteiger partial charge is 0.247 e. The SMILES string of the molecule is C/C(=N/OCc1cccc(Cl)c1)C1O[C@@H](Oc2ccc(/C=C(\C)C(=O)NC3[C@@H](O)[C@@H]4OCO[C@@H]4[C@H](O)[C@H]3O)cc2O)[C@@H](O)C1C. The summed E-state index contributed by atoms with van der Waals surface area (Å²) in [6.45, 7) is 5.08. The molecule has 3 fully saturated rings. The summed E-state index contributed by atoms with van der Waals surface area (Å²) in [5.74, 6) is -1.21. The number of nitrogens with zero attached hydrogens (tertiary/aromatic N) is 1. The van der Waals surface area contributed by atoms with Crippen LogP contribution in [-0.4, -0.2) is 99.0 Å². The Bertz CT molecular complexity index is 1440. The monoisotopic (exact) mass is 648 g/mol. The zero-order valence-corrected chi connectivity index (χ0v) is 25.6. The summed E-state index contributed by atoms with van der Waals surface area (Å²) in [6.07, 6.45) is -7.18. The molecule has 0 spiro atoms. The zero-order chi connectivity index (χ0) is 32.4. The lowest BCUT2D eigenvalue weighted by atomic mass is 9.83. The van der Waals surface area contributed by atoms with Gasteiger partial charge in [0.25, 0.3) is 0 Å². The normalized spacial score (nSPS) is 33.5. The number of benzene rings is 2. The number of aliphatic hydroxyl groups is 4. The van der Waals surface area contributed by atoms with Crippen LogP contribution in [0.5, 0.6) is 11.5 Å². The predicted molar refractivity (Wildman–Crippen MR) is 160 cm³/mol. The van der Waals surface area contributed by atoms with Gasteiger partial charge in [-0.1, -0.05) is 41.9 Å². The van der Waals surface area contributed by atoms with Crippen LogP contribution >= 0.6 is 11.6 Å². The maximum atomic E-state index is 12.9. The number of oxime groups is 1. The van der Waals surface area contributed by atoms with Crippen molar-refractivity contribution in [1.82, 2.24) is 5.32 Å². The standard InChI is InChI=1S/C31H37ClN2O11/c1-14(30(40)33-22-24(37)26(39)29-28(25(22)38)41-13-42-29)9-17-7-8-21(20(35)11-17)44-31-23(36)15(2)27(45-31)16(3)34-43-12-18-5-4-6-19(32)10-18/h4-11,15,22-29,31,35-39H,12-13H2,1-3H3,(H,33,40)/b14-9+,34-16-/t15?,22?,23-,24-,25+,26+,27?,28-,29+,31+/m0/s1. The van der Waals surface area contributed by atoms with E-state index in [4.69, 9.17) is 35.4 Å². The number of ether oxygens (including phenoxy) is 4. The Morgan fingerprint density at radius 2 is 1.78 bits per heavy atom. The van der Waals surface area contributed by atoms with Crippen molar-refractivity contribution in [2.75, 3.05) is 6.79 Å². The molecule has 2 aliphatic heterocycles. The summed E-state index contributed by atoms with van der Waals surface area (Å²) >= 11 is 6.00. The summed E-state index contributed by atoms with van der Waals surface area (Å²) in [5, 5.41) is 60.1. The number of phenols is 1. The molecular formula is C31H37ClN2O11. The summed E-state index contributed by atoms with van der Waals surface area (Å²) in [6, 6.07) is 10.4. The number of carbonyl (C=O) groups is 1. The average molecular weight is 649 g/mol. The first kappa shape index (κ1) is 33.1. The van der Waals surface area contributed by atoms with Crippen LogP contribution in [0.1, 0.15) is 31.9 Å². The number of rotatable bonds is 9. The number of nitrogens with one attached hydrogen (secondary N) is 1. The number of hydrogen-bond acceptors (Lipinski definition) is 12. The van der Waals surface area contributed by atoms with Gasteiger partial charge >= 0.3 is 0 Å². The Labute approximate surface area is 264 Å². The molecule has 5 rings (SSSR count). The highest BCUT2D eigenvalue weighted by Crippen LogP contribution is 2.35. The van der Waals surface area contributed by atoms with E-state index in [9.17, 15) is 30.3 Å². The van der Waals surface area contributed by atoms with E-state index < -0.39 is 61.0 Å². The lowest BCUT2D eigenvalue weighted by Gasteiger charge is -2.41. The third kappa shape index (κ3) is 7.26. The van der Waals surface area contributed by atoms with Crippen LogP contribution < -0.4 is 10.1 Å². The average Bonchev–Trinajstić information content (AvgIpc) is 3.61. The molecule has 14 heteroatoms. The number of fused-ring (bicyclic) bond motifs is 1. The molecule has 6 N–H and O–H groups in total. The van der Waals surface area contributed by atoms with Gasteiger partial charge in [-0.15, -0.1) is 0 Å². The largest absolute Gasteiger partial charge is 0.504 e. The third-order valence-corrected chi connectivity index (χ3v) is 8.42. The van der Waals surface area contributed by atoms with Crippen molar-refractivity contribution in [3.63, 3.8) is 0 Å². The summed E-state index contributed by atoms with van der Waals surface area (Å²) in [5.41, 5.74) is 1.99. The highest BCUT2D eigenvalue weighted by molar-refractivity contribution is 6.30. The molecule has 1 amide bonds. The minimum Gasteiger partial charge on any atom is -0.504 e. The number of carbonyl (C=O) groups excluding carboxylic acids is 1. The molecule has 3 unspecified atom stereocenters. The van der Waals surface area contributed by atoms with E-state index in [-0.39, 0.29) is 36.4 Å². The molecule has 2 aromatic rings. The molecule has 3 aliphatic rings. The molecule has 2 aromatic carbocycles. The Hall–Kier alpha value is -3.27. The first-order valence-corrected chi connectivity index (χ1v) is 14.8. The van der Waals surface area contributed by atoms with Gasteiger partial charge in [0.2, 0.25) is 12.2 Å². The molecule has 244 valence electrons. The van der Waals surface area contributed by atoms with Gasteiger partial charge in [0, 0.05) is 16.5 Å². The van der Waals surface area contributed by atoms with Crippen molar-refractivity contribution in [1.29, 1.82) is 0 Å². The summed E-state index contributed by atoms with van der Waals surface area (Å²) < 4.78 is 22.2. The number of aliphatic hydroxyl groups excluding tert-OH is 4. The first-order chi connectivity index (χ1) is 21.4. The van der Waals surface area contributed by atoms with Gasteiger partial charge in [0.1, 0.15) is 56.1 Å². The lowest BCUT2D eigenvalue weighted by molar-refractivity contribution is -0.155. The van der Waals surface area contributed by atoms with Crippen molar-refractivity contribution >= 4 is 29.3 Å². The van der Waals surface area contributed by atoms with Gasteiger partial charge in [-0.05, 0) is 55.3 Å². The number of halogens is 1. The van der Waals surface area contributed by atoms with E-state index in [0.717, 1.165) is 5.56 Å². The van der Waals surface area contributed by atoms with Crippen LogP contribution in [0.3, 0.4) is 0 Å².